The van der Waals surface area contributed by atoms with Crippen LogP contribution in [-0.2, 0) is 4.79 Å². The molecule has 0 N–H and O–H groups in total. The first kappa shape index (κ1) is 7.86. The summed E-state index contributed by atoms with van der Waals surface area (Å²) in [6, 6.07) is 0. The first-order valence-electron chi connectivity index (χ1n) is 2.80. The van der Waals surface area contributed by atoms with Crippen LogP contribution in [0.4, 0.5) is 0 Å². The van der Waals surface area contributed by atoms with E-state index >= 15 is 0 Å². The zero-order valence-corrected chi connectivity index (χ0v) is 5.37. The fourth-order valence-electron chi connectivity index (χ4n) is 0.338. The molecule has 0 aliphatic carbocycles. The van der Waals surface area contributed by atoms with Crippen molar-refractivity contribution in [3.63, 3.8) is 0 Å². The molecular formula is C7H9NO. The first-order chi connectivity index (χ1) is 4.41. The van der Waals surface area contributed by atoms with Gasteiger partial charge in [0.2, 0.25) is 6.08 Å². The van der Waals surface area contributed by atoms with Crippen LogP contribution in [0.3, 0.4) is 0 Å². The van der Waals surface area contributed by atoms with Gasteiger partial charge in [-0.1, -0.05) is 19.1 Å². The summed E-state index contributed by atoms with van der Waals surface area (Å²) in [5, 5.41) is 0. The lowest BCUT2D eigenvalue weighted by Gasteiger charge is -1.70. The van der Waals surface area contributed by atoms with Crippen molar-refractivity contribution < 1.29 is 4.79 Å². The summed E-state index contributed by atoms with van der Waals surface area (Å²) in [7, 11) is 0. The van der Waals surface area contributed by atoms with E-state index in [-0.39, 0.29) is 0 Å². The Balaban J connectivity index is 3.46. The van der Waals surface area contributed by atoms with Crippen molar-refractivity contribution in [1.29, 1.82) is 0 Å². The maximum atomic E-state index is 9.47. The van der Waals surface area contributed by atoms with Crippen LogP contribution in [0.1, 0.15) is 13.3 Å². The van der Waals surface area contributed by atoms with E-state index in [1.54, 1.807) is 6.08 Å². The third-order valence-electron chi connectivity index (χ3n) is 0.696. The lowest BCUT2D eigenvalue weighted by molar-refractivity contribution is 0.565. The van der Waals surface area contributed by atoms with Gasteiger partial charge in [-0.15, -0.1) is 0 Å². The molecule has 0 aliphatic rings. The van der Waals surface area contributed by atoms with Crippen LogP contribution >= 0.6 is 0 Å². The largest absolute Gasteiger partial charge is 0.239 e. The molecule has 0 heterocycles. The van der Waals surface area contributed by atoms with Gasteiger partial charge in [0.05, 0.1) is 0 Å². The zero-order valence-electron chi connectivity index (χ0n) is 5.37. The van der Waals surface area contributed by atoms with Crippen molar-refractivity contribution in [3.05, 3.63) is 24.4 Å². The zero-order chi connectivity index (χ0) is 6.95. The maximum absolute atomic E-state index is 9.47. The van der Waals surface area contributed by atoms with E-state index in [0.717, 1.165) is 6.42 Å². The Bertz CT molecular complexity index is 152. The van der Waals surface area contributed by atoms with Crippen LogP contribution < -0.4 is 0 Å². The average Bonchev–Trinajstić information content (AvgIpc) is 1.89. The van der Waals surface area contributed by atoms with E-state index in [1.165, 1.54) is 12.3 Å². The average molecular weight is 123 g/mol. The monoisotopic (exact) mass is 123 g/mol. The highest BCUT2D eigenvalue weighted by molar-refractivity contribution is 5.34. The predicted octanol–water partition coefficient (Wildman–Crippen LogP) is 1.80. The molecule has 9 heavy (non-hydrogen) atoms. The molecule has 0 spiro atoms. The van der Waals surface area contributed by atoms with Gasteiger partial charge in [-0.05, 0) is 12.5 Å². The Labute approximate surface area is 54.6 Å². The molecule has 0 aromatic heterocycles. The van der Waals surface area contributed by atoms with Crippen LogP contribution in [0.5, 0.6) is 0 Å². The van der Waals surface area contributed by atoms with Crippen LogP contribution in [0.2, 0.25) is 0 Å². The minimum absolute atomic E-state index is 0.995. The first-order valence-corrected chi connectivity index (χ1v) is 2.80. The van der Waals surface area contributed by atoms with Gasteiger partial charge >= 0.3 is 0 Å². The maximum Gasteiger partial charge on any atom is 0.239 e. The molecule has 0 fully saturated rings. The number of carbonyl (C=O) groups excluding carboxylic acids is 1. The third kappa shape index (κ3) is 6.86. The highest BCUT2D eigenvalue weighted by atomic mass is 16.1. The second kappa shape index (κ2) is 6.86. The Morgan fingerprint density at radius 3 is 2.89 bits per heavy atom. The Morgan fingerprint density at radius 1 is 1.56 bits per heavy atom. The van der Waals surface area contributed by atoms with Crippen molar-refractivity contribution in [2.45, 2.75) is 13.3 Å². The number of aliphatic imine (C=N–C) groups is 1. The number of isocyanates is 1. The lowest BCUT2D eigenvalue weighted by Crippen LogP contribution is -1.51. The van der Waals surface area contributed by atoms with Gasteiger partial charge in [-0.2, -0.15) is 4.99 Å². The van der Waals surface area contributed by atoms with E-state index in [0.29, 0.717) is 0 Å². The Hall–Kier alpha value is -1.14. The highest BCUT2D eigenvalue weighted by Crippen LogP contribution is 1.80. The molecule has 0 bridgehead atoms. The number of nitrogens with zero attached hydrogens (tertiary/aromatic N) is 1. The van der Waals surface area contributed by atoms with Gasteiger partial charge in [0, 0.05) is 6.20 Å². The fourth-order valence-corrected chi connectivity index (χ4v) is 0.338. The van der Waals surface area contributed by atoms with Crippen LogP contribution in [0.25, 0.3) is 0 Å². The molecule has 48 valence electrons. The summed E-state index contributed by atoms with van der Waals surface area (Å²) in [6.45, 7) is 2.04. The molecule has 0 rings (SSSR count). The molecule has 0 aliphatic heterocycles. The van der Waals surface area contributed by atoms with Crippen molar-refractivity contribution >= 4 is 6.08 Å². The van der Waals surface area contributed by atoms with Gasteiger partial charge in [0.15, 0.2) is 0 Å². The topological polar surface area (TPSA) is 29.4 Å². The molecule has 0 unspecified atom stereocenters. The molecule has 0 atom stereocenters. The number of allylic oxidation sites excluding steroid dienone is 3. The Morgan fingerprint density at radius 2 is 2.33 bits per heavy atom. The summed E-state index contributed by atoms with van der Waals surface area (Å²) < 4.78 is 0. The predicted molar refractivity (Wildman–Crippen MR) is 36.7 cm³/mol. The molecule has 2 nitrogen and oxygen atoms in total. The Kier molecular flexibility index (Phi) is 5.99. The van der Waals surface area contributed by atoms with Crippen LogP contribution in [-0.4, -0.2) is 6.08 Å². The smallest absolute Gasteiger partial charge is 0.211 e. The second-order valence-electron chi connectivity index (χ2n) is 1.40. The molecule has 0 saturated carbocycles. The van der Waals surface area contributed by atoms with E-state index in [9.17, 15) is 4.79 Å². The summed E-state index contributed by atoms with van der Waals surface area (Å²) >= 11 is 0. The molecule has 0 saturated heterocycles. The van der Waals surface area contributed by atoms with Crippen molar-refractivity contribution in [1.82, 2.24) is 0 Å². The van der Waals surface area contributed by atoms with Crippen molar-refractivity contribution in [3.8, 4) is 0 Å². The highest BCUT2D eigenvalue weighted by Gasteiger charge is 1.61. The van der Waals surface area contributed by atoms with Gasteiger partial charge in [-0.3, -0.25) is 0 Å². The normalized spacial score (nSPS) is 10.3. The quantitative estimate of drug-likeness (QED) is 0.319. The lowest BCUT2D eigenvalue weighted by atomic mass is 10.4. The second-order valence-corrected chi connectivity index (χ2v) is 1.40. The molecule has 0 aromatic rings. The summed E-state index contributed by atoms with van der Waals surface area (Å²) in [4.78, 5) is 12.7. The van der Waals surface area contributed by atoms with Crippen molar-refractivity contribution in [2.24, 2.45) is 4.99 Å². The molecule has 0 amide bonds. The SMILES string of the molecule is CCC=CC=CN=C=O. The number of hydrogen-bond acceptors (Lipinski definition) is 2. The molecule has 2 heteroatoms. The standard InChI is InChI=1S/C7H9NO/c1-2-3-4-5-6-8-7-9/h3-6H,2H2,1H3. The summed E-state index contributed by atoms with van der Waals surface area (Å²) in [5.74, 6) is 0. The molecule has 0 radical (unpaired) electrons. The summed E-state index contributed by atoms with van der Waals surface area (Å²) in [5.41, 5.74) is 0. The summed E-state index contributed by atoms with van der Waals surface area (Å²) in [6.07, 6.45) is 9.29. The van der Waals surface area contributed by atoms with Crippen LogP contribution in [0.15, 0.2) is 29.4 Å². The molecular weight excluding hydrogens is 114 g/mol. The van der Waals surface area contributed by atoms with Crippen LogP contribution in [0, 0.1) is 0 Å². The van der Waals surface area contributed by atoms with E-state index < -0.39 is 0 Å². The van der Waals surface area contributed by atoms with Gasteiger partial charge < -0.3 is 0 Å². The fraction of sp³-hybridized carbons (Fsp3) is 0.286. The van der Waals surface area contributed by atoms with E-state index in [4.69, 9.17) is 0 Å². The number of rotatable bonds is 3. The van der Waals surface area contributed by atoms with Gasteiger partial charge in [-0.25, -0.2) is 4.79 Å². The minimum atomic E-state index is 0.995. The third-order valence-corrected chi connectivity index (χ3v) is 0.696. The van der Waals surface area contributed by atoms with Gasteiger partial charge in [0.25, 0.3) is 0 Å². The minimum Gasteiger partial charge on any atom is -0.211 e. The van der Waals surface area contributed by atoms with E-state index in [1.807, 2.05) is 19.1 Å². The van der Waals surface area contributed by atoms with Gasteiger partial charge in [0.1, 0.15) is 0 Å². The van der Waals surface area contributed by atoms with E-state index in [2.05, 4.69) is 4.99 Å². The van der Waals surface area contributed by atoms with Crippen molar-refractivity contribution in [2.75, 3.05) is 0 Å². The molecule has 0 aromatic carbocycles. The number of hydrogen-bond donors (Lipinski definition) is 0.